The third-order valence-corrected chi connectivity index (χ3v) is 4.28. The summed E-state index contributed by atoms with van der Waals surface area (Å²) in [5, 5.41) is 0.116. The maximum absolute atomic E-state index is 6.04. The van der Waals surface area contributed by atoms with E-state index in [1.165, 1.54) is 6.42 Å². The van der Waals surface area contributed by atoms with Crippen molar-refractivity contribution in [3.63, 3.8) is 0 Å². The molecule has 0 saturated carbocycles. The van der Waals surface area contributed by atoms with Gasteiger partial charge in [0, 0.05) is 14.2 Å². The second-order valence-electron chi connectivity index (χ2n) is 2.50. The zero-order valence-corrected chi connectivity index (χ0v) is 9.38. The lowest BCUT2D eigenvalue weighted by Crippen LogP contribution is -2.31. The highest BCUT2D eigenvalue weighted by Gasteiger charge is 2.20. The van der Waals surface area contributed by atoms with Crippen molar-refractivity contribution >= 4 is 20.9 Å². The van der Waals surface area contributed by atoms with Crippen molar-refractivity contribution in [2.45, 2.75) is 31.2 Å². The first kappa shape index (κ1) is 11.4. The molecule has 0 aromatic heterocycles. The summed E-state index contributed by atoms with van der Waals surface area (Å²) in [7, 11) is 1.78. The molecule has 68 valence electrons. The standard InChI is InChI=1S/C7H17ClO2Si/c1-4-5-6-7(8)11(9-2)10-3/h7,11H,4-6H2,1-3H3. The van der Waals surface area contributed by atoms with Gasteiger partial charge in [-0.15, -0.1) is 11.6 Å². The van der Waals surface area contributed by atoms with Gasteiger partial charge in [0.2, 0.25) is 0 Å². The van der Waals surface area contributed by atoms with Gasteiger partial charge in [-0.05, 0) is 6.42 Å². The van der Waals surface area contributed by atoms with Gasteiger partial charge in [0.05, 0.1) is 5.00 Å². The molecule has 0 aromatic carbocycles. The van der Waals surface area contributed by atoms with E-state index in [9.17, 15) is 0 Å². The number of hydrogen-bond donors (Lipinski definition) is 0. The van der Waals surface area contributed by atoms with Gasteiger partial charge in [0.25, 0.3) is 0 Å². The SMILES string of the molecule is CCCCC(Cl)[SiH](OC)OC. The fourth-order valence-corrected chi connectivity index (χ4v) is 2.99. The van der Waals surface area contributed by atoms with Gasteiger partial charge >= 0.3 is 9.28 Å². The third kappa shape index (κ3) is 4.79. The quantitative estimate of drug-likeness (QED) is 0.477. The molecule has 0 N–H and O–H groups in total. The minimum Gasteiger partial charge on any atom is -0.399 e. The minimum atomic E-state index is -1.55. The van der Waals surface area contributed by atoms with Crippen LogP contribution in [0.4, 0.5) is 0 Å². The van der Waals surface area contributed by atoms with Gasteiger partial charge in [0.15, 0.2) is 0 Å². The van der Waals surface area contributed by atoms with Gasteiger partial charge in [0.1, 0.15) is 0 Å². The van der Waals surface area contributed by atoms with Crippen LogP contribution in [-0.4, -0.2) is 28.5 Å². The smallest absolute Gasteiger partial charge is 0.339 e. The highest BCUT2D eigenvalue weighted by molar-refractivity contribution is 6.59. The minimum absolute atomic E-state index is 0.116. The summed E-state index contributed by atoms with van der Waals surface area (Å²) in [4.78, 5) is 0. The van der Waals surface area contributed by atoms with E-state index in [1.807, 2.05) is 0 Å². The monoisotopic (exact) mass is 196 g/mol. The van der Waals surface area contributed by atoms with Crippen molar-refractivity contribution in [1.82, 2.24) is 0 Å². The maximum Gasteiger partial charge on any atom is 0.339 e. The first-order chi connectivity index (χ1) is 5.26. The van der Waals surface area contributed by atoms with Crippen molar-refractivity contribution in [3.05, 3.63) is 0 Å². The molecule has 0 radical (unpaired) electrons. The summed E-state index contributed by atoms with van der Waals surface area (Å²) < 4.78 is 10.3. The van der Waals surface area contributed by atoms with Gasteiger partial charge in [-0.25, -0.2) is 0 Å². The van der Waals surface area contributed by atoms with Gasteiger partial charge in [-0.3, -0.25) is 0 Å². The Balaban J connectivity index is 3.51. The van der Waals surface area contributed by atoms with E-state index in [0.29, 0.717) is 0 Å². The normalized spacial score (nSPS) is 13.9. The van der Waals surface area contributed by atoms with Crippen molar-refractivity contribution in [2.75, 3.05) is 14.2 Å². The molecule has 1 atom stereocenters. The van der Waals surface area contributed by atoms with Crippen LogP contribution >= 0.6 is 11.6 Å². The zero-order chi connectivity index (χ0) is 8.69. The molecule has 0 rings (SSSR count). The van der Waals surface area contributed by atoms with E-state index in [1.54, 1.807) is 14.2 Å². The van der Waals surface area contributed by atoms with Crippen LogP contribution in [0.2, 0.25) is 0 Å². The summed E-state index contributed by atoms with van der Waals surface area (Å²) in [5.74, 6) is 0. The van der Waals surface area contributed by atoms with Gasteiger partial charge in [-0.2, -0.15) is 0 Å². The Labute approximate surface area is 75.7 Å². The molecule has 11 heavy (non-hydrogen) atoms. The molecule has 1 unspecified atom stereocenters. The Kier molecular flexibility index (Phi) is 7.37. The van der Waals surface area contributed by atoms with Crippen molar-refractivity contribution in [2.24, 2.45) is 0 Å². The molecular weight excluding hydrogens is 180 g/mol. The summed E-state index contributed by atoms with van der Waals surface area (Å²) in [6, 6.07) is 0. The maximum atomic E-state index is 6.04. The highest BCUT2D eigenvalue weighted by Crippen LogP contribution is 2.11. The molecule has 2 nitrogen and oxygen atoms in total. The highest BCUT2D eigenvalue weighted by atomic mass is 35.5. The molecule has 0 aliphatic heterocycles. The summed E-state index contributed by atoms with van der Waals surface area (Å²) >= 11 is 6.04. The lowest BCUT2D eigenvalue weighted by atomic mass is 10.3. The van der Waals surface area contributed by atoms with Crippen LogP contribution in [0.3, 0.4) is 0 Å². The van der Waals surface area contributed by atoms with Crippen molar-refractivity contribution < 1.29 is 8.85 Å². The summed E-state index contributed by atoms with van der Waals surface area (Å²) in [6.07, 6.45) is 3.35. The fraction of sp³-hybridized carbons (Fsp3) is 1.00. The molecule has 0 bridgehead atoms. The van der Waals surface area contributed by atoms with Crippen LogP contribution < -0.4 is 0 Å². The van der Waals surface area contributed by atoms with Crippen LogP contribution in [0.15, 0.2) is 0 Å². The topological polar surface area (TPSA) is 18.5 Å². The second kappa shape index (κ2) is 7.10. The Bertz CT molecular complexity index is 88.5. The number of rotatable bonds is 6. The lowest BCUT2D eigenvalue weighted by Gasteiger charge is -2.15. The van der Waals surface area contributed by atoms with E-state index in [0.717, 1.165) is 12.8 Å². The number of alkyl halides is 1. The molecule has 0 amide bonds. The molecule has 0 aliphatic rings. The molecular formula is C7H17ClO2Si. The Morgan fingerprint density at radius 1 is 1.36 bits per heavy atom. The fourth-order valence-electron chi connectivity index (χ4n) is 0.927. The Morgan fingerprint density at radius 3 is 2.27 bits per heavy atom. The van der Waals surface area contributed by atoms with E-state index < -0.39 is 9.28 Å². The molecule has 0 aromatic rings. The van der Waals surface area contributed by atoms with Crippen LogP contribution in [0.25, 0.3) is 0 Å². The van der Waals surface area contributed by atoms with Crippen molar-refractivity contribution in [1.29, 1.82) is 0 Å². The van der Waals surface area contributed by atoms with E-state index >= 15 is 0 Å². The largest absolute Gasteiger partial charge is 0.399 e. The van der Waals surface area contributed by atoms with Crippen LogP contribution in [0.1, 0.15) is 26.2 Å². The molecule has 0 saturated heterocycles. The van der Waals surface area contributed by atoms with Gasteiger partial charge < -0.3 is 8.85 Å². The van der Waals surface area contributed by atoms with Crippen LogP contribution in [0, 0.1) is 0 Å². The lowest BCUT2D eigenvalue weighted by molar-refractivity contribution is 0.273. The van der Waals surface area contributed by atoms with E-state index in [-0.39, 0.29) is 5.00 Å². The average molecular weight is 197 g/mol. The van der Waals surface area contributed by atoms with E-state index in [4.69, 9.17) is 20.5 Å². The molecule has 0 spiro atoms. The zero-order valence-electron chi connectivity index (χ0n) is 7.47. The number of hydrogen-bond acceptors (Lipinski definition) is 2. The number of unbranched alkanes of at least 4 members (excludes halogenated alkanes) is 1. The van der Waals surface area contributed by atoms with E-state index in [2.05, 4.69) is 6.92 Å². The first-order valence-corrected chi connectivity index (χ1v) is 6.00. The summed E-state index contributed by atoms with van der Waals surface area (Å²) in [6.45, 7) is 2.15. The molecule has 4 heteroatoms. The second-order valence-corrected chi connectivity index (χ2v) is 5.97. The Morgan fingerprint density at radius 2 is 1.91 bits per heavy atom. The molecule has 0 heterocycles. The first-order valence-electron chi connectivity index (χ1n) is 3.95. The molecule has 0 fully saturated rings. The summed E-state index contributed by atoms with van der Waals surface area (Å²) in [5.41, 5.74) is 0. The van der Waals surface area contributed by atoms with Crippen LogP contribution in [-0.2, 0) is 8.85 Å². The van der Waals surface area contributed by atoms with Crippen molar-refractivity contribution in [3.8, 4) is 0 Å². The Hall–Kier alpha value is 0.427. The number of halogens is 1. The third-order valence-electron chi connectivity index (χ3n) is 1.59. The predicted molar refractivity (Wildman–Crippen MR) is 50.3 cm³/mol. The van der Waals surface area contributed by atoms with Gasteiger partial charge in [-0.1, -0.05) is 19.8 Å². The molecule has 0 aliphatic carbocycles. The average Bonchev–Trinajstić information content (AvgIpc) is 2.03. The van der Waals surface area contributed by atoms with Crippen LogP contribution in [0.5, 0.6) is 0 Å². The predicted octanol–water partition coefficient (Wildman–Crippen LogP) is 1.84.